The molecule has 0 aliphatic rings. The first kappa shape index (κ1) is 15.8. The predicted molar refractivity (Wildman–Crippen MR) is 100 cm³/mol. The standard InChI is InChI=1S/C21H20N2O/c1-2-24-21-15-13-18(14-16-21)17-22-23(19-9-5-3-6-10-19)20-11-7-4-8-12-20/h3-17H,2H2,1H3. The molecule has 0 amide bonds. The Bertz CT molecular complexity index is 728. The smallest absolute Gasteiger partial charge is 0.119 e. The van der Waals surface area contributed by atoms with Crippen LogP contribution in [-0.2, 0) is 0 Å². The summed E-state index contributed by atoms with van der Waals surface area (Å²) in [5, 5.41) is 6.60. The Labute approximate surface area is 142 Å². The molecule has 3 nitrogen and oxygen atoms in total. The molecule has 0 heterocycles. The van der Waals surface area contributed by atoms with Gasteiger partial charge in [0.05, 0.1) is 24.2 Å². The number of hydrogen-bond donors (Lipinski definition) is 0. The highest BCUT2D eigenvalue weighted by Gasteiger charge is 2.06. The van der Waals surface area contributed by atoms with Gasteiger partial charge in [-0.2, -0.15) is 5.10 Å². The monoisotopic (exact) mass is 316 g/mol. The molecule has 3 aromatic carbocycles. The zero-order chi connectivity index (χ0) is 16.6. The van der Waals surface area contributed by atoms with Gasteiger partial charge in [-0.1, -0.05) is 36.4 Å². The summed E-state index contributed by atoms with van der Waals surface area (Å²) in [6.07, 6.45) is 1.86. The third kappa shape index (κ3) is 4.02. The molecule has 0 aliphatic heterocycles. The zero-order valence-electron chi connectivity index (χ0n) is 13.7. The molecule has 0 fully saturated rings. The molecule has 0 aliphatic carbocycles. The Hall–Kier alpha value is -3.07. The normalized spacial score (nSPS) is 10.7. The number of anilines is 2. The molecule has 3 rings (SSSR count). The van der Waals surface area contributed by atoms with Crippen LogP contribution in [0, 0.1) is 0 Å². The molecule has 0 atom stereocenters. The highest BCUT2D eigenvalue weighted by atomic mass is 16.5. The Kier molecular flexibility index (Phi) is 5.25. The lowest BCUT2D eigenvalue weighted by Crippen LogP contribution is -2.09. The second-order valence-corrected chi connectivity index (χ2v) is 5.23. The van der Waals surface area contributed by atoms with Crippen LogP contribution < -0.4 is 9.75 Å². The second kappa shape index (κ2) is 7.97. The van der Waals surface area contributed by atoms with Crippen molar-refractivity contribution in [2.45, 2.75) is 6.92 Å². The highest BCUT2D eigenvalue weighted by molar-refractivity contribution is 5.81. The minimum atomic E-state index is 0.670. The van der Waals surface area contributed by atoms with Crippen LogP contribution in [0.3, 0.4) is 0 Å². The average Bonchev–Trinajstić information content (AvgIpc) is 2.65. The maximum absolute atomic E-state index is 5.47. The van der Waals surface area contributed by atoms with Gasteiger partial charge in [0.1, 0.15) is 5.75 Å². The van der Waals surface area contributed by atoms with Crippen molar-refractivity contribution in [2.24, 2.45) is 5.10 Å². The van der Waals surface area contributed by atoms with Gasteiger partial charge in [-0.15, -0.1) is 0 Å². The third-order valence-electron chi connectivity index (χ3n) is 3.51. The molecule has 0 unspecified atom stereocenters. The Morgan fingerprint density at radius 2 is 1.33 bits per heavy atom. The van der Waals surface area contributed by atoms with Crippen LogP contribution in [0.4, 0.5) is 11.4 Å². The first-order valence-corrected chi connectivity index (χ1v) is 8.04. The van der Waals surface area contributed by atoms with E-state index in [1.54, 1.807) is 0 Å². The maximum Gasteiger partial charge on any atom is 0.119 e. The van der Waals surface area contributed by atoms with E-state index in [9.17, 15) is 0 Å². The fourth-order valence-corrected chi connectivity index (χ4v) is 2.36. The number of hydrazone groups is 1. The lowest BCUT2D eigenvalue weighted by atomic mass is 10.2. The van der Waals surface area contributed by atoms with E-state index < -0.39 is 0 Å². The topological polar surface area (TPSA) is 24.8 Å². The Morgan fingerprint density at radius 1 is 0.792 bits per heavy atom. The van der Waals surface area contributed by atoms with Gasteiger partial charge in [0.15, 0.2) is 0 Å². The van der Waals surface area contributed by atoms with Crippen molar-refractivity contribution in [3.8, 4) is 5.75 Å². The van der Waals surface area contributed by atoms with Crippen molar-refractivity contribution in [3.63, 3.8) is 0 Å². The van der Waals surface area contributed by atoms with E-state index in [0.29, 0.717) is 6.61 Å². The summed E-state index contributed by atoms with van der Waals surface area (Å²) in [5.74, 6) is 0.873. The highest BCUT2D eigenvalue weighted by Crippen LogP contribution is 2.25. The van der Waals surface area contributed by atoms with E-state index in [1.165, 1.54) is 0 Å². The average molecular weight is 316 g/mol. The number of hydrogen-bond acceptors (Lipinski definition) is 3. The molecule has 0 bridgehead atoms. The number of ether oxygens (including phenoxy) is 1. The van der Waals surface area contributed by atoms with E-state index in [1.807, 2.05) is 103 Å². The largest absolute Gasteiger partial charge is 0.494 e. The summed E-state index contributed by atoms with van der Waals surface area (Å²) in [6, 6.07) is 28.2. The molecule has 3 aromatic rings. The van der Waals surface area contributed by atoms with Gasteiger partial charge in [0, 0.05) is 0 Å². The van der Waals surface area contributed by atoms with E-state index in [0.717, 1.165) is 22.7 Å². The molecule has 0 spiro atoms. The minimum Gasteiger partial charge on any atom is -0.494 e. The summed E-state index contributed by atoms with van der Waals surface area (Å²) < 4.78 is 5.47. The van der Waals surface area contributed by atoms with Gasteiger partial charge in [-0.25, -0.2) is 5.01 Å². The summed E-state index contributed by atoms with van der Waals surface area (Å²) in [4.78, 5) is 0. The van der Waals surface area contributed by atoms with Gasteiger partial charge in [-0.05, 0) is 61.0 Å². The van der Waals surface area contributed by atoms with Crippen molar-refractivity contribution in [3.05, 3.63) is 90.5 Å². The predicted octanol–water partition coefficient (Wildman–Crippen LogP) is 5.26. The van der Waals surface area contributed by atoms with Crippen molar-refractivity contribution >= 4 is 17.6 Å². The lowest BCUT2D eigenvalue weighted by molar-refractivity contribution is 0.340. The molecule has 0 radical (unpaired) electrons. The molecule has 0 N–H and O–H groups in total. The molecular formula is C21H20N2O. The van der Waals surface area contributed by atoms with Gasteiger partial charge in [-0.3, -0.25) is 0 Å². The van der Waals surface area contributed by atoms with Gasteiger partial charge < -0.3 is 4.74 Å². The summed E-state index contributed by atoms with van der Waals surface area (Å²) in [6.45, 7) is 2.65. The molecular weight excluding hydrogens is 296 g/mol. The van der Waals surface area contributed by atoms with E-state index in [2.05, 4.69) is 5.10 Å². The van der Waals surface area contributed by atoms with Crippen molar-refractivity contribution < 1.29 is 4.74 Å². The minimum absolute atomic E-state index is 0.670. The number of nitrogens with zero attached hydrogens (tertiary/aromatic N) is 2. The Morgan fingerprint density at radius 3 is 1.83 bits per heavy atom. The molecule has 0 aromatic heterocycles. The van der Waals surface area contributed by atoms with Crippen LogP contribution in [0.2, 0.25) is 0 Å². The maximum atomic E-state index is 5.47. The fraction of sp³-hybridized carbons (Fsp3) is 0.0952. The van der Waals surface area contributed by atoms with E-state index in [-0.39, 0.29) is 0 Å². The molecule has 0 saturated carbocycles. The van der Waals surface area contributed by atoms with Crippen LogP contribution in [0.1, 0.15) is 12.5 Å². The van der Waals surface area contributed by atoms with Gasteiger partial charge in [0.2, 0.25) is 0 Å². The van der Waals surface area contributed by atoms with E-state index in [4.69, 9.17) is 4.74 Å². The first-order chi connectivity index (χ1) is 11.9. The summed E-state index contributed by atoms with van der Waals surface area (Å²) in [5.41, 5.74) is 3.06. The van der Waals surface area contributed by atoms with Crippen LogP contribution in [0.25, 0.3) is 0 Å². The van der Waals surface area contributed by atoms with Crippen molar-refractivity contribution in [1.82, 2.24) is 0 Å². The molecule has 0 saturated heterocycles. The zero-order valence-corrected chi connectivity index (χ0v) is 13.7. The number of para-hydroxylation sites is 2. The molecule has 3 heteroatoms. The van der Waals surface area contributed by atoms with Crippen LogP contribution in [0.15, 0.2) is 90.0 Å². The number of benzene rings is 3. The lowest BCUT2D eigenvalue weighted by Gasteiger charge is -2.19. The van der Waals surface area contributed by atoms with Crippen LogP contribution in [-0.4, -0.2) is 12.8 Å². The van der Waals surface area contributed by atoms with Gasteiger partial charge in [0.25, 0.3) is 0 Å². The molecule has 24 heavy (non-hydrogen) atoms. The Balaban J connectivity index is 1.86. The third-order valence-corrected chi connectivity index (χ3v) is 3.51. The number of rotatable bonds is 6. The first-order valence-electron chi connectivity index (χ1n) is 8.04. The van der Waals surface area contributed by atoms with Crippen molar-refractivity contribution in [2.75, 3.05) is 11.6 Å². The van der Waals surface area contributed by atoms with Crippen LogP contribution >= 0.6 is 0 Å². The summed E-state index contributed by atoms with van der Waals surface area (Å²) in [7, 11) is 0. The SMILES string of the molecule is CCOc1ccc(C=NN(c2ccccc2)c2ccccc2)cc1. The quantitative estimate of drug-likeness (QED) is 0.458. The fourth-order valence-electron chi connectivity index (χ4n) is 2.36. The van der Waals surface area contributed by atoms with Gasteiger partial charge >= 0.3 is 0 Å². The van der Waals surface area contributed by atoms with E-state index >= 15 is 0 Å². The molecule has 120 valence electrons. The van der Waals surface area contributed by atoms with Crippen molar-refractivity contribution in [1.29, 1.82) is 0 Å². The summed E-state index contributed by atoms with van der Waals surface area (Å²) >= 11 is 0. The second-order valence-electron chi connectivity index (χ2n) is 5.23. The van der Waals surface area contributed by atoms with Crippen LogP contribution in [0.5, 0.6) is 5.75 Å².